The molecular formula is C15H30N2O2. The van der Waals surface area contributed by atoms with E-state index in [1.54, 1.807) is 7.11 Å². The van der Waals surface area contributed by atoms with E-state index in [0.29, 0.717) is 13.0 Å². The lowest BCUT2D eigenvalue weighted by Crippen LogP contribution is -2.50. The van der Waals surface area contributed by atoms with Crippen molar-refractivity contribution in [3.63, 3.8) is 0 Å². The second-order valence-corrected chi connectivity index (χ2v) is 5.78. The molecule has 4 nitrogen and oxygen atoms in total. The van der Waals surface area contributed by atoms with Gasteiger partial charge < -0.3 is 15.4 Å². The van der Waals surface area contributed by atoms with Crippen LogP contribution in [0.4, 0.5) is 0 Å². The smallest absolute Gasteiger partial charge is 0.222 e. The lowest BCUT2D eigenvalue weighted by molar-refractivity contribution is -0.124. The minimum Gasteiger partial charge on any atom is -0.383 e. The summed E-state index contributed by atoms with van der Waals surface area (Å²) in [6.07, 6.45) is 8.60. The van der Waals surface area contributed by atoms with Crippen LogP contribution < -0.4 is 10.6 Å². The molecule has 1 aliphatic carbocycles. The Bertz CT molecular complexity index is 257. The quantitative estimate of drug-likeness (QED) is 0.711. The summed E-state index contributed by atoms with van der Waals surface area (Å²) in [4.78, 5) is 12.2. The van der Waals surface area contributed by atoms with Crippen molar-refractivity contribution in [3.8, 4) is 0 Å². The molecule has 19 heavy (non-hydrogen) atoms. The van der Waals surface area contributed by atoms with Crippen LogP contribution in [0.3, 0.4) is 0 Å². The van der Waals surface area contributed by atoms with Crippen LogP contribution in [0.25, 0.3) is 0 Å². The first-order valence-corrected chi connectivity index (χ1v) is 7.63. The molecule has 1 saturated carbocycles. The highest BCUT2D eigenvalue weighted by Crippen LogP contribution is 2.30. The molecule has 0 bridgehead atoms. The first kappa shape index (κ1) is 16.4. The summed E-state index contributed by atoms with van der Waals surface area (Å²) in [5, 5.41) is 6.51. The molecule has 0 aliphatic heterocycles. The molecule has 0 heterocycles. The van der Waals surface area contributed by atoms with Gasteiger partial charge >= 0.3 is 0 Å². The SMILES string of the molecule is CCCC(COC)NC(=O)CC1(NC)CCCCC1. The van der Waals surface area contributed by atoms with Gasteiger partial charge in [0.15, 0.2) is 0 Å². The van der Waals surface area contributed by atoms with Crippen LogP contribution in [0, 0.1) is 0 Å². The molecule has 2 N–H and O–H groups in total. The molecule has 1 unspecified atom stereocenters. The fourth-order valence-electron chi connectivity index (χ4n) is 3.08. The molecule has 0 saturated heterocycles. The molecule has 112 valence electrons. The van der Waals surface area contributed by atoms with Gasteiger partial charge in [0.2, 0.25) is 5.91 Å². The molecule has 0 aromatic carbocycles. The molecule has 1 aliphatic rings. The average Bonchev–Trinajstić information content (AvgIpc) is 2.40. The summed E-state index contributed by atoms with van der Waals surface area (Å²) in [7, 11) is 3.67. The van der Waals surface area contributed by atoms with Gasteiger partial charge in [0.05, 0.1) is 12.6 Å². The Hall–Kier alpha value is -0.610. The van der Waals surface area contributed by atoms with Gasteiger partial charge in [-0.25, -0.2) is 0 Å². The number of amides is 1. The Morgan fingerprint density at radius 3 is 2.53 bits per heavy atom. The molecule has 0 radical (unpaired) electrons. The number of ether oxygens (including phenoxy) is 1. The van der Waals surface area contributed by atoms with Gasteiger partial charge in [-0.1, -0.05) is 32.6 Å². The number of hydrogen-bond acceptors (Lipinski definition) is 3. The first-order valence-electron chi connectivity index (χ1n) is 7.63. The highest BCUT2D eigenvalue weighted by Gasteiger charge is 2.32. The summed E-state index contributed by atoms with van der Waals surface area (Å²) < 4.78 is 5.17. The highest BCUT2D eigenvalue weighted by molar-refractivity contribution is 5.77. The Balaban J connectivity index is 2.47. The molecule has 1 amide bonds. The standard InChI is InChI=1S/C15H30N2O2/c1-4-8-13(12-19-3)17-14(18)11-15(16-2)9-6-5-7-10-15/h13,16H,4-12H2,1-3H3,(H,17,18). The average molecular weight is 270 g/mol. The maximum absolute atomic E-state index is 12.2. The van der Waals surface area contributed by atoms with E-state index in [-0.39, 0.29) is 17.5 Å². The lowest BCUT2D eigenvalue weighted by atomic mass is 9.79. The van der Waals surface area contributed by atoms with E-state index < -0.39 is 0 Å². The van der Waals surface area contributed by atoms with Crippen LogP contribution in [-0.2, 0) is 9.53 Å². The monoisotopic (exact) mass is 270 g/mol. The summed E-state index contributed by atoms with van der Waals surface area (Å²) in [5.41, 5.74) is 0.0200. The third-order valence-corrected chi connectivity index (χ3v) is 4.21. The lowest BCUT2D eigenvalue weighted by Gasteiger charge is -2.37. The third-order valence-electron chi connectivity index (χ3n) is 4.21. The zero-order valence-corrected chi connectivity index (χ0v) is 12.8. The third kappa shape index (κ3) is 5.49. The van der Waals surface area contributed by atoms with E-state index in [4.69, 9.17) is 4.74 Å². The van der Waals surface area contributed by atoms with Gasteiger partial charge in [-0.3, -0.25) is 4.79 Å². The minimum atomic E-state index is 0.0200. The van der Waals surface area contributed by atoms with Gasteiger partial charge in [0.25, 0.3) is 0 Å². The van der Waals surface area contributed by atoms with Gasteiger partial charge in [0.1, 0.15) is 0 Å². The van der Waals surface area contributed by atoms with Gasteiger partial charge in [-0.2, -0.15) is 0 Å². The molecule has 1 rings (SSSR count). The van der Waals surface area contributed by atoms with E-state index >= 15 is 0 Å². The zero-order valence-electron chi connectivity index (χ0n) is 12.8. The van der Waals surface area contributed by atoms with Crippen molar-refractivity contribution in [2.45, 2.75) is 69.9 Å². The summed E-state index contributed by atoms with van der Waals surface area (Å²) >= 11 is 0. The van der Waals surface area contributed by atoms with Crippen molar-refractivity contribution < 1.29 is 9.53 Å². The molecular weight excluding hydrogens is 240 g/mol. The van der Waals surface area contributed by atoms with E-state index in [1.165, 1.54) is 19.3 Å². The van der Waals surface area contributed by atoms with Crippen molar-refractivity contribution in [2.75, 3.05) is 20.8 Å². The van der Waals surface area contributed by atoms with Crippen LogP contribution in [0.1, 0.15) is 58.3 Å². The molecule has 1 atom stereocenters. The van der Waals surface area contributed by atoms with Gasteiger partial charge in [-0.05, 0) is 26.3 Å². The topological polar surface area (TPSA) is 50.4 Å². The number of nitrogens with one attached hydrogen (secondary N) is 2. The number of rotatable bonds is 8. The minimum absolute atomic E-state index is 0.0200. The first-order chi connectivity index (χ1) is 9.15. The van der Waals surface area contributed by atoms with Crippen molar-refractivity contribution in [2.24, 2.45) is 0 Å². The Labute approximate surface area is 117 Å². The van der Waals surface area contributed by atoms with Gasteiger partial charge in [-0.15, -0.1) is 0 Å². The number of hydrogen-bond donors (Lipinski definition) is 2. The predicted octanol–water partition coefficient (Wildman–Crippen LogP) is 2.23. The van der Waals surface area contributed by atoms with Crippen LogP contribution in [0.5, 0.6) is 0 Å². The van der Waals surface area contributed by atoms with E-state index in [0.717, 1.165) is 25.7 Å². The molecule has 0 spiro atoms. The van der Waals surface area contributed by atoms with E-state index in [2.05, 4.69) is 17.6 Å². The largest absolute Gasteiger partial charge is 0.383 e. The molecule has 0 aromatic rings. The van der Waals surface area contributed by atoms with Crippen molar-refractivity contribution in [3.05, 3.63) is 0 Å². The normalized spacial score (nSPS) is 19.9. The van der Waals surface area contributed by atoms with Crippen LogP contribution >= 0.6 is 0 Å². The Morgan fingerprint density at radius 1 is 1.32 bits per heavy atom. The number of methoxy groups -OCH3 is 1. The van der Waals surface area contributed by atoms with E-state index in [9.17, 15) is 4.79 Å². The highest BCUT2D eigenvalue weighted by atomic mass is 16.5. The molecule has 0 aromatic heterocycles. The molecule has 1 fully saturated rings. The van der Waals surface area contributed by atoms with Crippen molar-refractivity contribution >= 4 is 5.91 Å². The van der Waals surface area contributed by atoms with Crippen LogP contribution in [0.2, 0.25) is 0 Å². The van der Waals surface area contributed by atoms with E-state index in [1.807, 2.05) is 7.05 Å². The second kappa shape index (κ2) is 8.54. The number of carbonyl (C=O) groups is 1. The van der Waals surface area contributed by atoms with Crippen molar-refractivity contribution in [1.82, 2.24) is 10.6 Å². The summed E-state index contributed by atoms with van der Waals surface area (Å²) in [6.45, 7) is 2.73. The second-order valence-electron chi connectivity index (χ2n) is 5.78. The zero-order chi connectivity index (χ0) is 14.1. The molecule has 4 heteroatoms. The predicted molar refractivity (Wildman–Crippen MR) is 78.2 cm³/mol. The summed E-state index contributed by atoms with van der Waals surface area (Å²) in [5.74, 6) is 0.159. The van der Waals surface area contributed by atoms with Crippen LogP contribution in [-0.4, -0.2) is 38.3 Å². The maximum atomic E-state index is 12.2. The maximum Gasteiger partial charge on any atom is 0.222 e. The van der Waals surface area contributed by atoms with Crippen LogP contribution in [0.15, 0.2) is 0 Å². The Morgan fingerprint density at radius 2 is 2.00 bits per heavy atom. The van der Waals surface area contributed by atoms with Crippen molar-refractivity contribution in [1.29, 1.82) is 0 Å². The Kier molecular flexibility index (Phi) is 7.39. The fraction of sp³-hybridized carbons (Fsp3) is 0.933. The van der Waals surface area contributed by atoms with Gasteiger partial charge in [0, 0.05) is 19.1 Å². The fourth-order valence-corrected chi connectivity index (χ4v) is 3.08. The number of carbonyl (C=O) groups excluding carboxylic acids is 1. The summed E-state index contributed by atoms with van der Waals surface area (Å²) in [6, 6.07) is 0.153.